The smallest absolute Gasteiger partial charge is 0.119 e. The Morgan fingerprint density at radius 3 is 2.80 bits per heavy atom. The van der Waals surface area contributed by atoms with Crippen LogP contribution in [0.15, 0.2) is 35.0 Å². The van der Waals surface area contributed by atoms with E-state index in [1.165, 1.54) is 11.1 Å². The third-order valence-corrected chi connectivity index (χ3v) is 3.05. The van der Waals surface area contributed by atoms with Crippen molar-refractivity contribution in [2.24, 2.45) is 5.73 Å². The van der Waals surface area contributed by atoms with Gasteiger partial charge in [0, 0.05) is 6.54 Å². The second-order valence-corrected chi connectivity index (χ2v) is 4.02. The van der Waals surface area contributed by atoms with Gasteiger partial charge in [0.15, 0.2) is 0 Å². The average molecular weight is 219 g/mol. The molecule has 2 rings (SSSR count). The predicted molar refractivity (Wildman–Crippen MR) is 64.2 cm³/mol. The van der Waals surface area contributed by atoms with Crippen molar-refractivity contribution in [3.05, 3.63) is 40.6 Å². The highest BCUT2D eigenvalue weighted by molar-refractivity contribution is 7.08. The SMILES string of the molecule is COc1ccc(-c2ccsc2)c(CN)c1. The lowest BCUT2D eigenvalue weighted by Crippen LogP contribution is -1.99. The van der Waals surface area contributed by atoms with Crippen LogP contribution >= 0.6 is 11.3 Å². The number of methoxy groups -OCH3 is 1. The summed E-state index contributed by atoms with van der Waals surface area (Å²) in [5, 5.41) is 4.20. The Hall–Kier alpha value is -1.32. The van der Waals surface area contributed by atoms with Gasteiger partial charge in [0.2, 0.25) is 0 Å². The van der Waals surface area contributed by atoms with E-state index in [9.17, 15) is 0 Å². The standard InChI is InChI=1S/C12H13NOS/c1-14-11-2-3-12(10(6-11)7-13)9-4-5-15-8-9/h2-6,8H,7,13H2,1H3. The van der Waals surface area contributed by atoms with Crippen LogP contribution in [0, 0.1) is 0 Å². The van der Waals surface area contributed by atoms with Crippen molar-refractivity contribution in [2.75, 3.05) is 7.11 Å². The zero-order valence-electron chi connectivity index (χ0n) is 8.57. The highest BCUT2D eigenvalue weighted by atomic mass is 32.1. The minimum absolute atomic E-state index is 0.530. The maximum Gasteiger partial charge on any atom is 0.119 e. The molecule has 2 N–H and O–H groups in total. The molecule has 0 fully saturated rings. The number of nitrogens with two attached hydrogens (primary N) is 1. The number of thiophene rings is 1. The molecule has 0 spiro atoms. The maximum absolute atomic E-state index is 5.73. The Balaban J connectivity index is 2.48. The summed E-state index contributed by atoms with van der Waals surface area (Å²) in [6, 6.07) is 8.12. The monoisotopic (exact) mass is 219 g/mol. The number of hydrogen-bond acceptors (Lipinski definition) is 3. The van der Waals surface area contributed by atoms with Crippen LogP contribution < -0.4 is 10.5 Å². The molecule has 78 valence electrons. The van der Waals surface area contributed by atoms with Gasteiger partial charge in [0.05, 0.1) is 7.11 Å². The Morgan fingerprint density at radius 2 is 2.20 bits per heavy atom. The van der Waals surface area contributed by atoms with Crippen molar-refractivity contribution in [3.63, 3.8) is 0 Å². The quantitative estimate of drug-likeness (QED) is 0.861. The van der Waals surface area contributed by atoms with Gasteiger partial charge >= 0.3 is 0 Å². The molecular weight excluding hydrogens is 206 g/mol. The zero-order valence-corrected chi connectivity index (χ0v) is 9.38. The number of hydrogen-bond donors (Lipinski definition) is 1. The highest BCUT2D eigenvalue weighted by Crippen LogP contribution is 2.28. The summed E-state index contributed by atoms with van der Waals surface area (Å²) < 4.78 is 5.18. The first-order chi connectivity index (χ1) is 7.35. The van der Waals surface area contributed by atoms with Crippen molar-refractivity contribution in [1.82, 2.24) is 0 Å². The minimum Gasteiger partial charge on any atom is -0.497 e. The minimum atomic E-state index is 0.530. The molecule has 2 nitrogen and oxygen atoms in total. The summed E-state index contributed by atoms with van der Waals surface area (Å²) in [6.45, 7) is 0.530. The predicted octanol–water partition coefficient (Wildman–Crippen LogP) is 2.88. The number of rotatable bonds is 3. The molecule has 15 heavy (non-hydrogen) atoms. The summed E-state index contributed by atoms with van der Waals surface area (Å²) in [4.78, 5) is 0. The van der Waals surface area contributed by atoms with Crippen molar-refractivity contribution in [2.45, 2.75) is 6.54 Å². The largest absolute Gasteiger partial charge is 0.497 e. The van der Waals surface area contributed by atoms with Gasteiger partial charge in [-0.1, -0.05) is 6.07 Å². The lowest BCUT2D eigenvalue weighted by atomic mass is 10.0. The van der Waals surface area contributed by atoms with E-state index >= 15 is 0 Å². The third kappa shape index (κ3) is 2.03. The Kier molecular flexibility index (Phi) is 3.04. The molecule has 3 heteroatoms. The molecule has 0 unspecified atom stereocenters. The second-order valence-electron chi connectivity index (χ2n) is 3.24. The van der Waals surface area contributed by atoms with Gasteiger partial charge in [-0.15, -0.1) is 0 Å². The van der Waals surface area contributed by atoms with Crippen LogP contribution in [0.3, 0.4) is 0 Å². The maximum atomic E-state index is 5.73. The number of benzene rings is 1. The summed E-state index contributed by atoms with van der Waals surface area (Å²) in [5.74, 6) is 0.856. The van der Waals surface area contributed by atoms with Crippen LogP contribution in [0.5, 0.6) is 5.75 Å². The Labute approximate surface area is 93.3 Å². The van der Waals surface area contributed by atoms with Crippen LogP contribution in [-0.4, -0.2) is 7.11 Å². The van der Waals surface area contributed by atoms with Crippen LogP contribution in [-0.2, 0) is 6.54 Å². The first kappa shape index (κ1) is 10.2. The fourth-order valence-corrected chi connectivity index (χ4v) is 2.22. The van der Waals surface area contributed by atoms with E-state index in [0.717, 1.165) is 11.3 Å². The molecule has 0 saturated heterocycles. The molecule has 2 aromatic rings. The molecule has 0 amide bonds. The molecule has 0 aliphatic carbocycles. The van der Waals surface area contributed by atoms with E-state index in [4.69, 9.17) is 10.5 Å². The van der Waals surface area contributed by atoms with E-state index < -0.39 is 0 Å². The normalized spacial score (nSPS) is 10.3. The molecule has 0 atom stereocenters. The summed E-state index contributed by atoms with van der Waals surface area (Å²) in [6.07, 6.45) is 0. The number of ether oxygens (including phenoxy) is 1. The first-order valence-electron chi connectivity index (χ1n) is 4.74. The van der Waals surface area contributed by atoms with Gasteiger partial charge in [-0.05, 0) is 45.6 Å². The summed E-state index contributed by atoms with van der Waals surface area (Å²) in [7, 11) is 1.67. The van der Waals surface area contributed by atoms with E-state index in [-0.39, 0.29) is 0 Å². The van der Waals surface area contributed by atoms with Crippen LogP contribution in [0.25, 0.3) is 11.1 Å². The van der Waals surface area contributed by atoms with Gasteiger partial charge in [0.25, 0.3) is 0 Å². The molecule has 0 aliphatic rings. The molecule has 1 aromatic heterocycles. The van der Waals surface area contributed by atoms with E-state index in [1.54, 1.807) is 18.4 Å². The van der Waals surface area contributed by atoms with Gasteiger partial charge in [0.1, 0.15) is 5.75 Å². The zero-order chi connectivity index (χ0) is 10.7. The molecule has 0 saturated carbocycles. The topological polar surface area (TPSA) is 35.2 Å². The molecule has 0 radical (unpaired) electrons. The average Bonchev–Trinajstić information content (AvgIpc) is 2.81. The molecule has 1 heterocycles. The van der Waals surface area contributed by atoms with Crippen LogP contribution in [0.4, 0.5) is 0 Å². The Bertz CT molecular complexity index is 437. The van der Waals surface area contributed by atoms with Gasteiger partial charge < -0.3 is 10.5 Å². The van der Waals surface area contributed by atoms with E-state index in [0.29, 0.717) is 6.54 Å². The molecular formula is C12H13NOS. The van der Waals surface area contributed by atoms with Gasteiger partial charge in [-0.2, -0.15) is 11.3 Å². The van der Waals surface area contributed by atoms with E-state index in [2.05, 4.69) is 22.9 Å². The second kappa shape index (κ2) is 4.47. The van der Waals surface area contributed by atoms with Crippen LogP contribution in [0.2, 0.25) is 0 Å². The fourth-order valence-electron chi connectivity index (χ4n) is 1.57. The summed E-state index contributed by atoms with van der Waals surface area (Å²) in [5.41, 5.74) is 9.27. The summed E-state index contributed by atoms with van der Waals surface area (Å²) >= 11 is 1.69. The molecule has 1 aromatic carbocycles. The highest BCUT2D eigenvalue weighted by Gasteiger charge is 2.05. The van der Waals surface area contributed by atoms with Gasteiger partial charge in [-0.3, -0.25) is 0 Å². The van der Waals surface area contributed by atoms with Crippen molar-refractivity contribution < 1.29 is 4.74 Å². The van der Waals surface area contributed by atoms with Crippen molar-refractivity contribution in [3.8, 4) is 16.9 Å². The lowest BCUT2D eigenvalue weighted by molar-refractivity contribution is 0.414. The first-order valence-corrected chi connectivity index (χ1v) is 5.69. The molecule has 0 aliphatic heterocycles. The molecule has 0 bridgehead atoms. The van der Waals surface area contributed by atoms with Crippen molar-refractivity contribution >= 4 is 11.3 Å². The van der Waals surface area contributed by atoms with Crippen molar-refractivity contribution in [1.29, 1.82) is 0 Å². The lowest BCUT2D eigenvalue weighted by Gasteiger charge is -2.08. The van der Waals surface area contributed by atoms with Gasteiger partial charge in [-0.25, -0.2) is 0 Å². The van der Waals surface area contributed by atoms with E-state index in [1.807, 2.05) is 12.1 Å². The third-order valence-electron chi connectivity index (χ3n) is 2.36. The Morgan fingerprint density at radius 1 is 1.33 bits per heavy atom. The van der Waals surface area contributed by atoms with Crippen LogP contribution in [0.1, 0.15) is 5.56 Å². The fraction of sp³-hybridized carbons (Fsp3) is 0.167.